The molecule has 1 aromatic heterocycles. The third kappa shape index (κ3) is 0.970. The van der Waals surface area contributed by atoms with Crippen LogP contribution in [0.4, 0.5) is 0 Å². The van der Waals surface area contributed by atoms with Crippen LogP contribution >= 0.6 is 0 Å². The van der Waals surface area contributed by atoms with Crippen LogP contribution in [0.25, 0.3) is 6.08 Å². The summed E-state index contributed by atoms with van der Waals surface area (Å²) in [6.45, 7) is 3.48. The summed E-state index contributed by atoms with van der Waals surface area (Å²) in [6, 6.07) is 1.92. The van der Waals surface area contributed by atoms with Crippen molar-refractivity contribution in [1.29, 1.82) is 5.26 Å². The molecule has 0 spiro atoms. The van der Waals surface area contributed by atoms with Gasteiger partial charge in [-0.25, -0.2) is 4.98 Å². The van der Waals surface area contributed by atoms with Crippen LogP contribution in [0.3, 0.4) is 0 Å². The number of hydrogen-bond acceptors (Lipinski definition) is 2. The SMILES string of the molecule is C=Cc1ncc(C#N)[nH]1. The molecule has 0 bridgehead atoms. The lowest BCUT2D eigenvalue weighted by Crippen LogP contribution is -1.72. The highest BCUT2D eigenvalue weighted by atomic mass is 14.9. The van der Waals surface area contributed by atoms with Gasteiger partial charge >= 0.3 is 0 Å². The number of aromatic nitrogens is 2. The topological polar surface area (TPSA) is 52.5 Å². The molecule has 0 saturated heterocycles. The minimum atomic E-state index is 0.463. The zero-order chi connectivity index (χ0) is 6.69. The first-order chi connectivity index (χ1) is 4.36. The van der Waals surface area contributed by atoms with E-state index >= 15 is 0 Å². The molecule has 0 fully saturated rings. The summed E-state index contributed by atoms with van der Waals surface area (Å²) in [6.07, 6.45) is 3.03. The first-order valence-electron chi connectivity index (χ1n) is 2.44. The van der Waals surface area contributed by atoms with Crippen LogP contribution in [0.1, 0.15) is 11.5 Å². The average Bonchev–Trinajstić information content (AvgIpc) is 2.34. The lowest BCUT2D eigenvalue weighted by Gasteiger charge is -1.75. The smallest absolute Gasteiger partial charge is 0.137 e. The largest absolute Gasteiger partial charge is 0.330 e. The molecule has 0 atom stereocenters. The second kappa shape index (κ2) is 2.14. The highest BCUT2D eigenvalue weighted by Gasteiger charge is 1.91. The fourth-order valence-corrected chi connectivity index (χ4v) is 0.497. The van der Waals surface area contributed by atoms with Gasteiger partial charge in [0.25, 0.3) is 0 Å². The Morgan fingerprint density at radius 3 is 3.00 bits per heavy atom. The van der Waals surface area contributed by atoms with Crippen LogP contribution in [0.5, 0.6) is 0 Å². The lowest BCUT2D eigenvalue weighted by molar-refractivity contribution is 1.25. The molecule has 1 rings (SSSR count). The van der Waals surface area contributed by atoms with Gasteiger partial charge in [0, 0.05) is 0 Å². The van der Waals surface area contributed by atoms with Crippen molar-refractivity contribution in [3.05, 3.63) is 24.3 Å². The Morgan fingerprint density at radius 2 is 2.67 bits per heavy atom. The third-order valence-electron chi connectivity index (χ3n) is 0.909. The summed E-state index contributed by atoms with van der Waals surface area (Å²) in [5.41, 5.74) is 0.463. The van der Waals surface area contributed by atoms with E-state index in [0.717, 1.165) is 0 Å². The summed E-state index contributed by atoms with van der Waals surface area (Å²) in [7, 11) is 0. The van der Waals surface area contributed by atoms with E-state index in [1.54, 1.807) is 6.08 Å². The van der Waals surface area contributed by atoms with Crippen molar-refractivity contribution < 1.29 is 0 Å². The maximum Gasteiger partial charge on any atom is 0.137 e. The fraction of sp³-hybridized carbons (Fsp3) is 0. The number of hydrogen-bond donors (Lipinski definition) is 1. The Balaban J connectivity index is 3.03. The van der Waals surface area contributed by atoms with Crippen molar-refractivity contribution in [3.8, 4) is 6.07 Å². The molecular formula is C6H5N3. The molecule has 0 radical (unpaired) electrons. The van der Waals surface area contributed by atoms with Gasteiger partial charge in [-0.15, -0.1) is 0 Å². The van der Waals surface area contributed by atoms with Gasteiger partial charge in [0.2, 0.25) is 0 Å². The number of imidazole rings is 1. The second-order valence-corrected chi connectivity index (χ2v) is 1.50. The first kappa shape index (κ1) is 5.57. The van der Waals surface area contributed by atoms with E-state index in [1.165, 1.54) is 6.20 Å². The number of nitrogens with zero attached hydrogens (tertiary/aromatic N) is 2. The molecule has 1 aromatic rings. The van der Waals surface area contributed by atoms with E-state index < -0.39 is 0 Å². The number of rotatable bonds is 1. The predicted molar refractivity (Wildman–Crippen MR) is 33.4 cm³/mol. The molecule has 3 nitrogen and oxygen atoms in total. The number of nitriles is 1. The van der Waals surface area contributed by atoms with Crippen LogP contribution in [0.2, 0.25) is 0 Å². The molecule has 0 aliphatic carbocycles. The molecule has 0 unspecified atom stereocenters. The van der Waals surface area contributed by atoms with E-state index in [9.17, 15) is 0 Å². The summed E-state index contributed by atoms with van der Waals surface area (Å²) >= 11 is 0. The van der Waals surface area contributed by atoms with Crippen LogP contribution in [0.15, 0.2) is 12.8 Å². The summed E-state index contributed by atoms with van der Waals surface area (Å²) in [4.78, 5) is 6.53. The van der Waals surface area contributed by atoms with Crippen molar-refractivity contribution in [2.75, 3.05) is 0 Å². The molecule has 3 heteroatoms. The second-order valence-electron chi connectivity index (χ2n) is 1.50. The van der Waals surface area contributed by atoms with E-state index in [-0.39, 0.29) is 0 Å². The summed E-state index contributed by atoms with van der Waals surface area (Å²) in [5.74, 6) is 0.631. The van der Waals surface area contributed by atoms with Crippen molar-refractivity contribution >= 4 is 6.08 Å². The minimum absolute atomic E-state index is 0.463. The Morgan fingerprint density at radius 1 is 1.89 bits per heavy atom. The normalized spacial score (nSPS) is 8.33. The standard InChI is InChI=1S/C6H5N3/c1-2-6-8-4-5(3-7)9-6/h2,4H,1H2,(H,8,9). The first-order valence-corrected chi connectivity index (χ1v) is 2.44. The number of H-pyrrole nitrogens is 1. The van der Waals surface area contributed by atoms with Crippen molar-refractivity contribution in [1.82, 2.24) is 9.97 Å². The summed E-state index contributed by atoms with van der Waals surface area (Å²) < 4.78 is 0. The molecular weight excluding hydrogens is 114 g/mol. The molecule has 1 N–H and O–H groups in total. The average molecular weight is 119 g/mol. The summed E-state index contributed by atoms with van der Waals surface area (Å²) in [5, 5.41) is 8.29. The van der Waals surface area contributed by atoms with E-state index in [4.69, 9.17) is 5.26 Å². The Labute approximate surface area is 52.7 Å². The third-order valence-corrected chi connectivity index (χ3v) is 0.909. The number of aromatic amines is 1. The predicted octanol–water partition coefficient (Wildman–Crippen LogP) is 0.924. The van der Waals surface area contributed by atoms with E-state index in [1.807, 2.05) is 6.07 Å². The molecule has 9 heavy (non-hydrogen) atoms. The van der Waals surface area contributed by atoms with Crippen molar-refractivity contribution in [3.63, 3.8) is 0 Å². The fourth-order valence-electron chi connectivity index (χ4n) is 0.497. The van der Waals surface area contributed by atoms with Gasteiger partial charge in [-0.2, -0.15) is 5.26 Å². The van der Waals surface area contributed by atoms with Crippen molar-refractivity contribution in [2.24, 2.45) is 0 Å². The Hall–Kier alpha value is -1.56. The van der Waals surface area contributed by atoms with E-state index in [0.29, 0.717) is 11.5 Å². The van der Waals surface area contributed by atoms with Crippen LogP contribution in [-0.2, 0) is 0 Å². The highest BCUT2D eigenvalue weighted by molar-refractivity contribution is 5.38. The molecule has 0 aromatic carbocycles. The van der Waals surface area contributed by atoms with Gasteiger partial charge in [-0.3, -0.25) is 0 Å². The minimum Gasteiger partial charge on any atom is -0.330 e. The van der Waals surface area contributed by atoms with Gasteiger partial charge < -0.3 is 4.98 Å². The number of nitrogens with one attached hydrogen (secondary N) is 1. The monoisotopic (exact) mass is 119 g/mol. The molecule has 44 valence electrons. The van der Waals surface area contributed by atoms with E-state index in [2.05, 4.69) is 16.5 Å². The molecule has 0 amide bonds. The van der Waals surface area contributed by atoms with Gasteiger partial charge in [0.1, 0.15) is 17.6 Å². The Kier molecular flexibility index (Phi) is 1.32. The molecule has 1 heterocycles. The quantitative estimate of drug-likeness (QED) is 0.597. The van der Waals surface area contributed by atoms with Gasteiger partial charge in [-0.05, 0) is 6.08 Å². The van der Waals surface area contributed by atoms with Gasteiger partial charge in [0.05, 0.1) is 6.20 Å². The van der Waals surface area contributed by atoms with Crippen LogP contribution in [0, 0.1) is 11.3 Å². The van der Waals surface area contributed by atoms with Gasteiger partial charge in [0.15, 0.2) is 0 Å². The van der Waals surface area contributed by atoms with Crippen LogP contribution < -0.4 is 0 Å². The van der Waals surface area contributed by atoms with Crippen LogP contribution in [-0.4, -0.2) is 9.97 Å². The maximum atomic E-state index is 8.29. The lowest BCUT2D eigenvalue weighted by atomic mass is 10.5. The molecule has 0 aliphatic heterocycles. The molecule has 0 saturated carbocycles. The van der Waals surface area contributed by atoms with Crippen molar-refractivity contribution in [2.45, 2.75) is 0 Å². The zero-order valence-electron chi connectivity index (χ0n) is 4.76. The van der Waals surface area contributed by atoms with Gasteiger partial charge in [-0.1, -0.05) is 6.58 Å². The molecule has 0 aliphatic rings. The maximum absolute atomic E-state index is 8.29. The Bertz CT molecular complexity index is 254. The highest BCUT2D eigenvalue weighted by Crippen LogP contribution is 1.94. The zero-order valence-corrected chi connectivity index (χ0v) is 4.76.